The molecule has 182 valence electrons. The van der Waals surface area contributed by atoms with E-state index in [1.165, 1.54) is 49.4 Å². The van der Waals surface area contributed by atoms with Gasteiger partial charge in [0.05, 0.1) is 0 Å². The normalized spacial score (nSPS) is 11.6. The quantitative estimate of drug-likeness (QED) is 0.222. The highest BCUT2D eigenvalue weighted by Crippen LogP contribution is 2.48. The fourth-order valence-corrected chi connectivity index (χ4v) is 6.22. The minimum atomic E-state index is 0.909. The second kappa shape index (κ2) is 8.72. The van der Waals surface area contributed by atoms with Crippen molar-refractivity contribution in [3.8, 4) is 33.4 Å². The Kier molecular flexibility index (Phi) is 4.89. The zero-order valence-electron chi connectivity index (χ0n) is 21.3. The Morgan fingerprint density at radius 3 is 1.41 bits per heavy atom. The molecule has 0 bridgehead atoms. The van der Waals surface area contributed by atoms with Crippen molar-refractivity contribution in [3.63, 3.8) is 0 Å². The maximum atomic E-state index is 6.71. The van der Waals surface area contributed by atoms with Gasteiger partial charge in [-0.15, -0.1) is 0 Å². The summed E-state index contributed by atoms with van der Waals surface area (Å²) in [4.78, 5) is 0. The lowest BCUT2D eigenvalue weighted by Gasteiger charge is -2.18. The van der Waals surface area contributed by atoms with Crippen molar-refractivity contribution in [1.82, 2.24) is 0 Å². The van der Waals surface area contributed by atoms with Gasteiger partial charge in [0.1, 0.15) is 11.2 Å². The van der Waals surface area contributed by atoms with Crippen LogP contribution >= 0.6 is 0 Å². The molecule has 0 spiro atoms. The van der Waals surface area contributed by atoms with Gasteiger partial charge in [0.15, 0.2) is 0 Å². The molecule has 39 heavy (non-hydrogen) atoms. The van der Waals surface area contributed by atoms with Crippen LogP contribution < -0.4 is 0 Å². The smallest absolute Gasteiger partial charge is 0.143 e. The first-order valence-corrected chi connectivity index (χ1v) is 13.4. The Balaban J connectivity index is 1.55. The molecular formula is C38H24O. The van der Waals surface area contributed by atoms with Crippen LogP contribution in [0.2, 0.25) is 0 Å². The Hall–Kier alpha value is -5.14. The van der Waals surface area contributed by atoms with Crippen LogP contribution in [0, 0.1) is 0 Å². The van der Waals surface area contributed by atoms with Gasteiger partial charge in [-0.25, -0.2) is 0 Å². The maximum Gasteiger partial charge on any atom is 0.143 e. The minimum Gasteiger partial charge on any atom is -0.455 e. The number of furan rings is 1. The van der Waals surface area contributed by atoms with Crippen LogP contribution in [0.3, 0.4) is 0 Å². The lowest BCUT2D eigenvalue weighted by molar-refractivity contribution is 0.670. The summed E-state index contributed by atoms with van der Waals surface area (Å²) in [6.07, 6.45) is 0. The molecule has 1 nitrogen and oxygen atoms in total. The Morgan fingerprint density at radius 2 is 0.795 bits per heavy atom. The zero-order chi connectivity index (χ0) is 25.8. The van der Waals surface area contributed by atoms with Crippen molar-refractivity contribution in [1.29, 1.82) is 0 Å². The lowest BCUT2D eigenvalue weighted by atomic mass is 9.85. The molecule has 0 atom stereocenters. The average Bonchev–Trinajstić information content (AvgIpc) is 3.40. The summed E-state index contributed by atoms with van der Waals surface area (Å²) in [6, 6.07) is 51.8. The molecule has 0 amide bonds. The molecule has 0 aliphatic rings. The molecule has 1 aromatic heterocycles. The van der Waals surface area contributed by atoms with Crippen LogP contribution in [0.25, 0.3) is 76.9 Å². The Morgan fingerprint density at radius 1 is 0.333 bits per heavy atom. The summed E-state index contributed by atoms with van der Waals surface area (Å²) in [5, 5.41) is 7.24. The summed E-state index contributed by atoms with van der Waals surface area (Å²) in [5.74, 6) is 0. The third kappa shape index (κ3) is 3.34. The van der Waals surface area contributed by atoms with E-state index >= 15 is 0 Å². The Bertz CT molecular complexity index is 2090. The van der Waals surface area contributed by atoms with E-state index in [1.54, 1.807) is 0 Å². The van der Waals surface area contributed by atoms with Crippen molar-refractivity contribution in [3.05, 3.63) is 146 Å². The summed E-state index contributed by atoms with van der Waals surface area (Å²) in [5.41, 5.74) is 9.05. The molecule has 0 radical (unpaired) electrons. The molecule has 1 heterocycles. The van der Waals surface area contributed by atoms with E-state index in [0.29, 0.717) is 0 Å². The van der Waals surface area contributed by atoms with Gasteiger partial charge < -0.3 is 4.42 Å². The van der Waals surface area contributed by atoms with Gasteiger partial charge in [0, 0.05) is 21.9 Å². The molecule has 0 aliphatic carbocycles. The summed E-state index contributed by atoms with van der Waals surface area (Å²) < 4.78 is 6.71. The van der Waals surface area contributed by atoms with Gasteiger partial charge in [-0.1, -0.05) is 133 Å². The number of fused-ring (bicyclic) bond motifs is 5. The Labute approximate surface area is 226 Å². The van der Waals surface area contributed by atoms with Crippen LogP contribution in [0.15, 0.2) is 150 Å². The van der Waals surface area contributed by atoms with E-state index < -0.39 is 0 Å². The molecule has 0 saturated carbocycles. The first-order valence-electron chi connectivity index (χ1n) is 13.4. The predicted molar refractivity (Wildman–Crippen MR) is 165 cm³/mol. The van der Waals surface area contributed by atoms with Gasteiger partial charge >= 0.3 is 0 Å². The van der Waals surface area contributed by atoms with Crippen LogP contribution in [0.5, 0.6) is 0 Å². The highest BCUT2D eigenvalue weighted by Gasteiger charge is 2.21. The fourth-order valence-electron chi connectivity index (χ4n) is 6.22. The topological polar surface area (TPSA) is 13.1 Å². The lowest BCUT2D eigenvalue weighted by Crippen LogP contribution is -1.91. The van der Waals surface area contributed by atoms with E-state index in [1.807, 2.05) is 6.07 Å². The number of rotatable bonds is 3. The minimum absolute atomic E-state index is 0.909. The maximum absolute atomic E-state index is 6.71. The summed E-state index contributed by atoms with van der Waals surface area (Å²) in [6.45, 7) is 0. The number of para-hydroxylation sites is 1. The van der Waals surface area contributed by atoms with Crippen molar-refractivity contribution in [2.45, 2.75) is 0 Å². The second-order valence-electron chi connectivity index (χ2n) is 10.0. The molecular weight excluding hydrogens is 472 g/mol. The van der Waals surface area contributed by atoms with Crippen LogP contribution in [0.1, 0.15) is 0 Å². The molecule has 8 aromatic rings. The molecule has 0 N–H and O–H groups in total. The molecule has 0 saturated heterocycles. The highest BCUT2D eigenvalue weighted by atomic mass is 16.3. The molecule has 0 aliphatic heterocycles. The number of benzene rings is 7. The molecule has 8 rings (SSSR count). The number of hydrogen-bond acceptors (Lipinski definition) is 1. The van der Waals surface area contributed by atoms with E-state index in [4.69, 9.17) is 4.42 Å². The first kappa shape index (κ1) is 21.9. The molecule has 7 aromatic carbocycles. The average molecular weight is 497 g/mol. The largest absolute Gasteiger partial charge is 0.455 e. The van der Waals surface area contributed by atoms with Crippen LogP contribution in [-0.4, -0.2) is 0 Å². The predicted octanol–water partition coefficient (Wildman–Crippen LogP) is 10.9. The number of hydrogen-bond donors (Lipinski definition) is 0. The third-order valence-corrected chi connectivity index (χ3v) is 7.87. The second-order valence-corrected chi connectivity index (χ2v) is 10.0. The first-order chi connectivity index (χ1) is 19.4. The van der Waals surface area contributed by atoms with Crippen LogP contribution in [0.4, 0.5) is 0 Å². The van der Waals surface area contributed by atoms with Crippen molar-refractivity contribution in [2.24, 2.45) is 0 Å². The van der Waals surface area contributed by atoms with E-state index in [-0.39, 0.29) is 0 Å². The van der Waals surface area contributed by atoms with Crippen molar-refractivity contribution in [2.75, 3.05) is 0 Å². The monoisotopic (exact) mass is 496 g/mol. The van der Waals surface area contributed by atoms with E-state index in [0.717, 1.165) is 27.5 Å². The SMILES string of the molecule is c1ccc(-c2c3ccccc3c(-c3ccc(-c4ccccc4)c4c3oc3ccccc34)c3ccccc23)cc1. The van der Waals surface area contributed by atoms with Crippen molar-refractivity contribution >= 4 is 43.5 Å². The van der Waals surface area contributed by atoms with Gasteiger partial charge in [0.25, 0.3) is 0 Å². The summed E-state index contributed by atoms with van der Waals surface area (Å²) >= 11 is 0. The standard InChI is InChI=1S/C38H24O/c1-3-13-25(14-4-1)27-23-24-33(38-37(27)32-21-11-12-22-34(32)39-38)36-30-19-9-7-17-28(30)35(26-15-5-2-6-16-26)29-18-8-10-20-31(29)36/h1-24H. The summed E-state index contributed by atoms with van der Waals surface area (Å²) in [7, 11) is 0. The van der Waals surface area contributed by atoms with Gasteiger partial charge in [0.2, 0.25) is 0 Å². The zero-order valence-corrected chi connectivity index (χ0v) is 21.3. The van der Waals surface area contributed by atoms with Crippen LogP contribution in [-0.2, 0) is 0 Å². The highest BCUT2D eigenvalue weighted by molar-refractivity contribution is 6.25. The van der Waals surface area contributed by atoms with Gasteiger partial charge in [-0.05, 0) is 55.9 Å². The van der Waals surface area contributed by atoms with E-state index in [2.05, 4.69) is 140 Å². The molecule has 0 fully saturated rings. The molecule has 0 unspecified atom stereocenters. The van der Waals surface area contributed by atoms with Crippen molar-refractivity contribution < 1.29 is 4.42 Å². The van der Waals surface area contributed by atoms with E-state index in [9.17, 15) is 0 Å². The fraction of sp³-hybridized carbons (Fsp3) is 0. The third-order valence-electron chi connectivity index (χ3n) is 7.87. The van der Waals surface area contributed by atoms with Gasteiger partial charge in [-0.2, -0.15) is 0 Å². The molecule has 1 heteroatoms. The van der Waals surface area contributed by atoms with Gasteiger partial charge in [-0.3, -0.25) is 0 Å².